The molecule has 0 radical (unpaired) electrons. The van der Waals surface area contributed by atoms with E-state index in [9.17, 15) is 18.4 Å². The van der Waals surface area contributed by atoms with E-state index in [1.165, 1.54) is 24.3 Å². The molecule has 1 heterocycles. The Hall–Kier alpha value is -2.18. The minimum Gasteiger partial charge on any atom is -0.481 e. The molecule has 1 aliphatic heterocycles. The fourth-order valence-electron chi connectivity index (χ4n) is 2.11. The highest BCUT2D eigenvalue weighted by molar-refractivity contribution is 5.99. The third kappa shape index (κ3) is 2.81. The zero-order valence-corrected chi connectivity index (χ0v) is 9.68. The Labute approximate surface area is 107 Å². The highest BCUT2D eigenvalue weighted by atomic mass is 19.3. The van der Waals surface area contributed by atoms with Crippen molar-refractivity contribution >= 4 is 11.9 Å². The quantitative estimate of drug-likeness (QED) is 0.807. The van der Waals surface area contributed by atoms with E-state index in [4.69, 9.17) is 5.11 Å². The van der Waals surface area contributed by atoms with Gasteiger partial charge in [-0.25, -0.2) is 0 Å². The predicted octanol–water partition coefficient (Wildman–Crippen LogP) is 1.20. The Balaban J connectivity index is 2.18. The molecule has 2 N–H and O–H groups in total. The maximum atomic E-state index is 12.0. The van der Waals surface area contributed by atoms with E-state index in [1.54, 1.807) is 0 Å². The van der Waals surface area contributed by atoms with Crippen LogP contribution in [0.15, 0.2) is 24.3 Å². The number of carbonyl (C=O) groups is 2. The fraction of sp³-hybridized carbons (Fsp3) is 0.333. The molecule has 0 saturated carbocycles. The number of aliphatic carboxylic acids is 1. The Morgan fingerprint density at radius 3 is 2.53 bits per heavy atom. The van der Waals surface area contributed by atoms with Crippen LogP contribution >= 0.6 is 0 Å². The summed E-state index contributed by atoms with van der Waals surface area (Å²) in [6, 6.07) is 5.61. The molecule has 0 spiro atoms. The fourth-order valence-corrected chi connectivity index (χ4v) is 2.11. The summed E-state index contributed by atoms with van der Waals surface area (Å²) in [5.74, 6) is -3.41. The molecule has 1 fully saturated rings. The number of carboxylic acids is 1. The van der Waals surface area contributed by atoms with Crippen LogP contribution in [0.2, 0.25) is 0 Å². The number of benzene rings is 1. The molecule has 2 atom stereocenters. The molecule has 2 rings (SSSR count). The third-order valence-corrected chi connectivity index (χ3v) is 2.98. The lowest BCUT2D eigenvalue weighted by atomic mass is 9.88. The van der Waals surface area contributed by atoms with E-state index in [0.717, 1.165) is 0 Å². The average molecular weight is 271 g/mol. The number of amides is 1. The molecule has 5 nitrogen and oxygen atoms in total. The zero-order chi connectivity index (χ0) is 14.0. The molecule has 1 aliphatic rings. The summed E-state index contributed by atoms with van der Waals surface area (Å²) >= 11 is 0. The smallest absolute Gasteiger partial charge is 0.387 e. The number of ether oxygens (including phenoxy) is 1. The zero-order valence-electron chi connectivity index (χ0n) is 9.68. The molecule has 7 heteroatoms. The van der Waals surface area contributed by atoms with Gasteiger partial charge in [-0.3, -0.25) is 9.59 Å². The van der Waals surface area contributed by atoms with E-state index in [1.807, 2.05) is 0 Å². The first-order chi connectivity index (χ1) is 8.99. The van der Waals surface area contributed by atoms with Crippen LogP contribution in [0.3, 0.4) is 0 Å². The van der Waals surface area contributed by atoms with Crippen LogP contribution < -0.4 is 10.1 Å². The first-order valence-electron chi connectivity index (χ1n) is 5.54. The number of hydrogen-bond acceptors (Lipinski definition) is 3. The lowest BCUT2D eigenvalue weighted by molar-refractivity contribution is -0.145. The Bertz CT molecular complexity index is 489. The molecular formula is C12H11F2NO4. The summed E-state index contributed by atoms with van der Waals surface area (Å²) < 4.78 is 28.2. The van der Waals surface area contributed by atoms with Crippen LogP contribution in [0.1, 0.15) is 11.5 Å². The van der Waals surface area contributed by atoms with Gasteiger partial charge in [-0.1, -0.05) is 12.1 Å². The Morgan fingerprint density at radius 1 is 1.37 bits per heavy atom. The Kier molecular flexibility index (Phi) is 3.64. The number of halogens is 2. The molecule has 0 aromatic heterocycles. The number of rotatable bonds is 4. The largest absolute Gasteiger partial charge is 0.481 e. The van der Waals surface area contributed by atoms with E-state index in [0.29, 0.717) is 5.56 Å². The van der Waals surface area contributed by atoms with E-state index in [-0.39, 0.29) is 12.3 Å². The number of nitrogens with one attached hydrogen (secondary N) is 1. The maximum absolute atomic E-state index is 12.0. The van der Waals surface area contributed by atoms with Gasteiger partial charge in [-0.2, -0.15) is 8.78 Å². The molecule has 1 saturated heterocycles. The van der Waals surface area contributed by atoms with Gasteiger partial charge in [0.2, 0.25) is 5.91 Å². The maximum Gasteiger partial charge on any atom is 0.387 e. The Morgan fingerprint density at radius 2 is 2.00 bits per heavy atom. The first-order valence-corrected chi connectivity index (χ1v) is 5.54. The van der Waals surface area contributed by atoms with Crippen molar-refractivity contribution in [2.24, 2.45) is 5.92 Å². The normalized spacial score (nSPS) is 22.4. The van der Waals surface area contributed by atoms with Crippen molar-refractivity contribution in [3.8, 4) is 5.75 Å². The van der Waals surface area contributed by atoms with Gasteiger partial charge in [0, 0.05) is 12.5 Å². The van der Waals surface area contributed by atoms with Gasteiger partial charge in [0.15, 0.2) is 0 Å². The van der Waals surface area contributed by atoms with E-state index < -0.39 is 30.3 Å². The van der Waals surface area contributed by atoms with Crippen molar-refractivity contribution < 1.29 is 28.2 Å². The topological polar surface area (TPSA) is 75.6 Å². The van der Waals surface area contributed by atoms with E-state index in [2.05, 4.69) is 10.1 Å². The summed E-state index contributed by atoms with van der Waals surface area (Å²) in [5, 5.41) is 11.5. The molecule has 102 valence electrons. The molecular weight excluding hydrogens is 260 g/mol. The van der Waals surface area contributed by atoms with Crippen LogP contribution in [0.25, 0.3) is 0 Å². The minimum absolute atomic E-state index is 0.0112. The highest BCUT2D eigenvalue weighted by Gasteiger charge is 2.41. The highest BCUT2D eigenvalue weighted by Crippen LogP contribution is 2.30. The van der Waals surface area contributed by atoms with Gasteiger partial charge < -0.3 is 15.2 Å². The van der Waals surface area contributed by atoms with Crippen LogP contribution in [-0.2, 0) is 9.59 Å². The molecule has 0 unspecified atom stereocenters. The second-order valence-electron chi connectivity index (χ2n) is 4.12. The molecule has 1 aromatic rings. The van der Waals surface area contributed by atoms with Crippen LogP contribution in [0.4, 0.5) is 8.78 Å². The SMILES string of the molecule is O=C(O)[C@H]1C(=O)NC[C@@H]1c1ccc(OC(F)F)cc1. The molecule has 19 heavy (non-hydrogen) atoms. The van der Waals surface area contributed by atoms with Crippen molar-refractivity contribution in [1.29, 1.82) is 0 Å². The number of hydrogen-bond donors (Lipinski definition) is 2. The third-order valence-electron chi connectivity index (χ3n) is 2.98. The van der Waals surface area contributed by atoms with Gasteiger partial charge in [0.25, 0.3) is 0 Å². The number of alkyl halides is 2. The minimum atomic E-state index is -2.91. The van der Waals surface area contributed by atoms with Crippen LogP contribution in [0.5, 0.6) is 5.75 Å². The van der Waals surface area contributed by atoms with Crippen molar-refractivity contribution in [1.82, 2.24) is 5.32 Å². The number of carbonyl (C=O) groups excluding carboxylic acids is 1. The van der Waals surface area contributed by atoms with Crippen LogP contribution in [0, 0.1) is 5.92 Å². The molecule has 0 bridgehead atoms. The molecule has 1 aromatic carbocycles. The summed E-state index contributed by atoms with van der Waals surface area (Å²) in [5.41, 5.74) is 0.590. The first kappa shape index (κ1) is 13.3. The van der Waals surface area contributed by atoms with Crippen molar-refractivity contribution in [3.63, 3.8) is 0 Å². The second kappa shape index (κ2) is 5.21. The van der Waals surface area contributed by atoms with Gasteiger partial charge in [0.1, 0.15) is 11.7 Å². The second-order valence-corrected chi connectivity index (χ2v) is 4.12. The monoisotopic (exact) mass is 271 g/mol. The molecule has 0 aliphatic carbocycles. The van der Waals surface area contributed by atoms with Crippen molar-refractivity contribution in [3.05, 3.63) is 29.8 Å². The lowest BCUT2D eigenvalue weighted by Crippen LogP contribution is -2.26. The van der Waals surface area contributed by atoms with Gasteiger partial charge in [0.05, 0.1) is 0 Å². The van der Waals surface area contributed by atoms with Gasteiger partial charge in [-0.15, -0.1) is 0 Å². The summed E-state index contributed by atoms with van der Waals surface area (Å²) in [7, 11) is 0. The summed E-state index contributed by atoms with van der Waals surface area (Å²) in [6.07, 6.45) is 0. The van der Waals surface area contributed by atoms with E-state index >= 15 is 0 Å². The van der Waals surface area contributed by atoms with Gasteiger partial charge in [-0.05, 0) is 17.7 Å². The van der Waals surface area contributed by atoms with Crippen molar-refractivity contribution in [2.75, 3.05) is 6.54 Å². The predicted molar refractivity (Wildman–Crippen MR) is 60.0 cm³/mol. The standard InChI is InChI=1S/C12H11F2NO4/c13-12(14)19-7-3-1-6(2-4-7)8-5-15-10(16)9(8)11(17)18/h1-4,8-9,12H,5H2,(H,15,16)(H,17,18)/t8-,9-/m1/s1. The average Bonchev–Trinajstić information content (AvgIpc) is 2.71. The van der Waals surface area contributed by atoms with Gasteiger partial charge >= 0.3 is 12.6 Å². The summed E-state index contributed by atoms with van der Waals surface area (Å²) in [4.78, 5) is 22.4. The van der Waals surface area contributed by atoms with Crippen molar-refractivity contribution in [2.45, 2.75) is 12.5 Å². The molecule has 1 amide bonds. The lowest BCUT2D eigenvalue weighted by Gasteiger charge is -2.14. The number of carboxylic acid groups (broad SMARTS) is 1. The summed E-state index contributed by atoms with van der Waals surface area (Å²) in [6.45, 7) is -2.70. The van der Waals surface area contributed by atoms with Crippen LogP contribution in [-0.4, -0.2) is 30.1 Å².